The number of benzene rings is 1. The van der Waals surface area contributed by atoms with Crippen LogP contribution in [-0.2, 0) is 21.2 Å². The molecule has 0 spiro atoms. The third-order valence-electron chi connectivity index (χ3n) is 3.16. The fraction of sp³-hybridized carbons (Fsp3) is 0.533. The first-order valence-electron chi connectivity index (χ1n) is 7.03. The molecule has 0 amide bonds. The number of sulfone groups is 1. The maximum atomic E-state index is 12.0. The van der Waals surface area contributed by atoms with E-state index >= 15 is 0 Å². The van der Waals surface area contributed by atoms with E-state index in [0.29, 0.717) is 6.61 Å². The molecule has 1 aromatic rings. The SMILES string of the molecule is COCc1ccccc1NC(N)=NCCS(=O)(=O)C(C)(C)C. The number of guanidine groups is 1. The highest BCUT2D eigenvalue weighted by atomic mass is 32.2. The predicted molar refractivity (Wildman–Crippen MR) is 90.8 cm³/mol. The molecule has 124 valence electrons. The summed E-state index contributed by atoms with van der Waals surface area (Å²) >= 11 is 0. The van der Waals surface area contributed by atoms with Crippen molar-refractivity contribution in [2.45, 2.75) is 32.1 Å². The van der Waals surface area contributed by atoms with E-state index in [1.54, 1.807) is 27.9 Å². The van der Waals surface area contributed by atoms with Gasteiger partial charge in [0.15, 0.2) is 15.8 Å². The Morgan fingerprint density at radius 3 is 2.55 bits per heavy atom. The molecule has 22 heavy (non-hydrogen) atoms. The van der Waals surface area contributed by atoms with Crippen LogP contribution in [0.3, 0.4) is 0 Å². The van der Waals surface area contributed by atoms with E-state index in [9.17, 15) is 8.42 Å². The van der Waals surface area contributed by atoms with Gasteiger partial charge in [-0.05, 0) is 26.8 Å². The Kier molecular flexibility index (Phi) is 6.37. The third kappa shape index (κ3) is 5.31. The van der Waals surface area contributed by atoms with E-state index in [2.05, 4.69) is 10.3 Å². The van der Waals surface area contributed by atoms with Crippen LogP contribution in [-0.4, -0.2) is 38.5 Å². The number of para-hydroxylation sites is 1. The van der Waals surface area contributed by atoms with E-state index < -0.39 is 14.6 Å². The summed E-state index contributed by atoms with van der Waals surface area (Å²) in [5, 5.41) is 2.97. The Bertz CT molecular complexity index is 619. The first-order valence-corrected chi connectivity index (χ1v) is 8.68. The highest BCUT2D eigenvalue weighted by Crippen LogP contribution is 2.16. The number of aliphatic imine (C=N–C) groups is 1. The number of nitrogens with two attached hydrogens (primary N) is 1. The largest absolute Gasteiger partial charge is 0.380 e. The molecule has 7 heteroatoms. The Balaban J connectivity index is 2.68. The minimum absolute atomic E-state index is 0.0292. The summed E-state index contributed by atoms with van der Waals surface area (Å²) < 4.78 is 28.3. The van der Waals surface area contributed by atoms with Crippen LogP contribution in [0.1, 0.15) is 26.3 Å². The summed E-state index contributed by atoms with van der Waals surface area (Å²) in [6, 6.07) is 7.56. The van der Waals surface area contributed by atoms with E-state index in [-0.39, 0.29) is 18.3 Å². The zero-order valence-corrected chi connectivity index (χ0v) is 14.4. The molecule has 0 atom stereocenters. The Hall–Kier alpha value is -1.60. The minimum atomic E-state index is -3.19. The van der Waals surface area contributed by atoms with Gasteiger partial charge in [-0.25, -0.2) is 8.42 Å². The third-order valence-corrected chi connectivity index (χ3v) is 5.74. The van der Waals surface area contributed by atoms with Crippen LogP contribution in [0.15, 0.2) is 29.3 Å². The summed E-state index contributed by atoms with van der Waals surface area (Å²) in [7, 11) is -1.58. The topological polar surface area (TPSA) is 93.8 Å². The van der Waals surface area contributed by atoms with Crippen LogP contribution in [0.25, 0.3) is 0 Å². The van der Waals surface area contributed by atoms with Crippen molar-refractivity contribution in [3.8, 4) is 0 Å². The Labute approximate surface area is 132 Å². The number of nitrogens with zero attached hydrogens (tertiary/aromatic N) is 1. The van der Waals surface area contributed by atoms with Crippen molar-refractivity contribution in [2.24, 2.45) is 10.7 Å². The lowest BCUT2D eigenvalue weighted by molar-refractivity contribution is 0.185. The van der Waals surface area contributed by atoms with Crippen molar-refractivity contribution in [2.75, 3.05) is 24.7 Å². The standard InChI is InChI=1S/C15H25N3O3S/c1-15(2,3)22(19,20)10-9-17-14(16)18-13-8-6-5-7-12(13)11-21-4/h5-8H,9-11H2,1-4H3,(H3,16,17,18). The first kappa shape index (κ1) is 18.4. The summed E-state index contributed by atoms with van der Waals surface area (Å²) in [5.74, 6) is 0.158. The van der Waals surface area contributed by atoms with Gasteiger partial charge < -0.3 is 15.8 Å². The average Bonchev–Trinajstić information content (AvgIpc) is 2.39. The molecule has 0 radical (unpaired) electrons. The number of hydrogen-bond donors (Lipinski definition) is 2. The number of rotatable bonds is 6. The van der Waals surface area contributed by atoms with Gasteiger partial charge in [0.2, 0.25) is 0 Å². The molecular weight excluding hydrogens is 302 g/mol. The van der Waals surface area contributed by atoms with E-state index in [0.717, 1.165) is 11.3 Å². The zero-order valence-electron chi connectivity index (χ0n) is 13.6. The van der Waals surface area contributed by atoms with Crippen LogP contribution in [0.2, 0.25) is 0 Å². The first-order chi connectivity index (χ1) is 10.2. The van der Waals surface area contributed by atoms with Crippen LogP contribution in [0, 0.1) is 0 Å². The molecule has 6 nitrogen and oxygen atoms in total. The number of nitrogens with one attached hydrogen (secondary N) is 1. The lowest BCUT2D eigenvalue weighted by atomic mass is 10.2. The lowest BCUT2D eigenvalue weighted by Gasteiger charge is -2.18. The smallest absolute Gasteiger partial charge is 0.193 e. The molecule has 1 rings (SSSR count). The second-order valence-electron chi connectivity index (χ2n) is 5.91. The Morgan fingerprint density at radius 1 is 1.32 bits per heavy atom. The lowest BCUT2D eigenvalue weighted by Crippen LogP contribution is -2.32. The molecule has 0 saturated heterocycles. The van der Waals surface area contributed by atoms with Gasteiger partial charge in [-0.2, -0.15) is 0 Å². The number of anilines is 1. The maximum Gasteiger partial charge on any atom is 0.193 e. The van der Waals surface area contributed by atoms with Crippen molar-refractivity contribution < 1.29 is 13.2 Å². The number of hydrogen-bond acceptors (Lipinski definition) is 4. The van der Waals surface area contributed by atoms with Crippen LogP contribution in [0.5, 0.6) is 0 Å². The molecule has 0 aliphatic rings. The van der Waals surface area contributed by atoms with Crippen molar-refractivity contribution in [3.05, 3.63) is 29.8 Å². The molecular formula is C15H25N3O3S. The van der Waals surface area contributed by atoms with Gasteiger partial charge in [0.05, 0.1) is 23.7 Å². The second kappa shape index (κ2) is 7.60. The van der Waals surface area contributed by atoms with Crippen LogP contribution < -0.4 is 11.1 Å². The highest BCUT2D eigenvalue weighted by Gasteiger charge is 2.28. The summed E-state index contributed by atoms with van der Waals surface area (Å²) in [6.07, 6.45) is 0. The van der Waals surface area contributed by atoms with Gasteiger partial charge in [0.25, 0.3) is 0 Å². The quantitative estimate of drug-likeness (QED) is 0.613. The molecule has 3 N–H and O–H groups in total. The maximum absolute atomic E-state index is 12.0. The second-order valence-corrected chi connectivity index (χ2v) is 8.78. The molecule has 0 aromatic heterocycles. The molecule has 0 unspecified atom stereocenters. The normalized spacial score (nSPS) is 13.2. The summed E-state index contributed by atoms with van der Waals surface area (Å²) in [4.78, 5) is 4.08. The van der Waals surface area contributed by atoms with Gasteiger partial charge in [-0.1, -0.05) is 18.2 Å². The fourth-order valence-corrected chi connectivity index (χ4v) is 2.64. The molecule has 0 bridgehead atoms. The molecule has 0 saturated carbocycles. The number of ether oxygens (including phenoxy) is 1. The Morgan fingerprint density at radius 2 is 1.95 bits per heavy atom. The van der Waals surface area contributed by atoms with Crippen LogP contribution in [0.4, 0.5) is 5.69 Å². The molecule has 0 heterocycles. The summed E-state index contributed by atoms with van der Waals surface area (Å²) in [5.41, 5.74) is 7.56. The van der Waals surface area contributed by atoms with E-state index in [1.165, 1.54) is 0 Å². The van der Waals surface area contributed by atoms with Crippen molar-refractivity contribution in [1.82, 2.24) is 0 Å². The van der Waals surface area contributed by atoms with Crippen molar-refractivity contribution >= 4 is 21.5 Å². The van der Waals surface area contributed by atoms with Gasteiger partial charge in [0, 0.05) is 18.4 Å². The molecule has 0 aliphatic carbocycles. The van der Waals surface area contributed by atoms with E-state index in [1.807, 2.05) is 24.3 Å². The fourth-order valence-electron chi connectivity index (χ4n) is 1.69. The zero-order chi connectivity index (χ0) is 16.8. The van der Waals surface area contributed by atoms with Gasteiger partial charge in [-0.3, -0.25) is 4.99 Å². The average molecular weight is 327 g/mol. The van der Waals surface area contributed by atoms with Gasteiger partial charge in [0.1, 0.15) is 0 Å². The monoisotopic (exact) mass is 327 g/mol. The molecule has 0 fully saturated rings. The van der Waals surface area contributed by atoms with E-state index in [4.69, 9.17) is 10.5 Å². The van der Waals surface area contributed by atoms with Gasteiger partial charge in [-0.15, -0.1) is 0 Å². The van der Waals surface area contributed by atoms with Crippen molar-refractivity contribution in [1.29, 1.82) is 0 Å². The van der Waals surface area contributed by atoms with Crippen molar-refractivity contribution in [3.63, 3.8) is 0 Å². The molecule has 0 aliphatic heterocycles. The predicted octanol–water partition coefficient (Wildman–Crippen LogP) is 1.77. The van der Waals surface area contributed by atoms with Crippen LogP contribution >= 0.6 is 0 Å². The molecule has 1 aromatic carbocycles. The summed E-state index contributed by atoms with van der Waals surface area (Å²) in [6.45, 7) is 5.61. The minimum Gasteiger partial charge on any atom is -0.380 e. The van der Waals surface area contributed by atoms with Gasteiger partial charge >= 0.3 is 0 Å². The highest BCUT2D eigenvalue weighted by molar-refractivity contribution is 7.92. The number of methoxy groups -OCH3 is 1.